The normalized spacial score (nSPS) is 15.3. The molecule has 2 amide bonds. The van der Waals surface area contributed by atoms with Crippen LogP contribution in [0.25, 0.3) is 11.4 Å². The molecule has 38 heavy (non-hydrogen) atoms. The Balaban J connectivity index is 1.54. The maximum atomic E-state index is 13.5. The highest BCUT2D eigenvalue weighted by Crippen LogP contribution is 2.32. The summed E-state index contributed by atoms with van der Waals surface area (Å²) in [6, 6.07) is 10.6. The van der Waals surface area contributed by atoms with E-state index < -0.39 is 16.9 Å². The number of nitro groups is 1. The number of hydrogen-bond donors (Lipinski definition) is 0. The standard InChI is InChI=1S/C26H27Cl2N5O5/c1-2-3-12-31(26(35)18-10-11-20(28)22(15-18)33(36)37)16-23(34)32-13-5-4-9-21(32)25-29-24(30-38-25)17-7-6-8-19(27)14-17/h6-8,10-11,14-15,21H,2-5,9,12-13,16H2,1H3. The van der Waals surface area contributed by atoms with Crippen molar-refractivity contribution in [3.63, 3.8) is 0 Å². The minimum atomic E-state index is -0.638. The molecule has 12 heteroatoms. The fraction of sp³-hybridized carbons (Fsp3) is 0.385. The lowest BCUT2D eigenvalue weighted by atomic mass is 10.0. The quantitative estimate of drug-likeness (QED) is 0.234. The molecule has 1 aliphatic heterocycles. The van der Waals surface area contributed by atoms with Crippen molar-refractivity contribution in [2.75, 3.05) is 19.6 Å². The predicted molar refractivity (Wildman–Crippen MR) is 142 cm³/mol. The summed E-state index contributed by atoms with van der Waals surface area (Å²) in [6.45, 7) is 2.61. The van der Waals surface area contributed by atoms with E-state index in [1.807, 2.05) is 13.0 Å². The zero-order chi connectivity index (χ0) is 27.2. The molecule has 0 bridgehead atoms. The van der Waals surface area contributed by atoms with E-state index in [4.69, 9.17) is 27.7 Å². The number of halogens is 2. The SMILES string of the molecule is CCCCN(CC(=O)N1CCCCC1c1nc(-c2cccc(Cl)c2)no1)C(=O)c1ccc(Cl)c([N+](=O)[O-])c1. The number of benzene rings is 2. The minimum Gasteiger partial charge on any atom is -0.337 e. The molecule has 4 rings (SSSR count). The highest BCUT2D eigenvalue weighted by atomic mass is 35.5. The van der Waals surface area contributed by atoms with Crippen molar-refractivity contribution in [3.8, 4) is 11.4 Å². The molecule has 0 saturated carbocycles. The van der Waals surface area contributed by atoms with Crippen molar-refractivity contribution in [1.29, 1.82) is 0 Å². The number of unbranched alkanes of at least 4 members (excludes halogenated alkanes) is 1. The van der Waals surface area contributed by atoms with Crippen LogP contribution in [-0.2, 0) is 4.79 Å². The molecule has 0 spiro atoms. The van der Waals surface area contributed by atoms with Gasteiger partial charge in [-0.05, 0) is 49.9 Å². The second kappa shape index (κ2) is 12.4. The molecule has 1 unspecified atom stereocenters. The summed E-state index contributed by atoms with van der Waals surface area (Å²) in [7, 11) is 0. The van der Waals surface area contributed by atoms with Gasteiger partial charge in [-0.1, -0.05) is 53.8 Å². The summed E-state index contributed by atoms with van der Waals surface area (Å²) in [5.74, 6) is -0.0244. The number of piperidine rings is 1. The van der Waals surface area contributed by atoms with Crippen molar-refractivity contribution < 1.29 is 19.0 Å². The first kappa shape index (κ1) is 27.5. The Hall–Kier alpha value is -3.50. The van der Waals surface area contributed by atoms with Crippen LogP contribution >= 0.6 is 23.2 Å². The minimum absolute atomic E-state index is 0.0596. The van der Waals surface area contributed by atoms with E-state index in [-0.39, 0.29) is 28.7 Å². The third-order valence-electron chi connectivity index (χ3n) is 6.42. The summed E-state index contributed by atoms with van der Waals surface area (Å²) in [4.78, 5) is 45.2. The number of likely N-dealkylation sites (tertiary alicyclic amines) is 1. The third-order valence-corrected chi connectivity index (χ3v) is 6.97. The molecule has 2 aromatic carbocycles. The molecule has 1 saturated heterocycles. The Bertz CT molecular complexity index is 1330. The Labute approximate surface area is 229 Å². The molecule has 2 heterocycles. The van der Waals surface area contributed by atoms with Crippen LogP contribution in [0.2, 0.25) is 10.0 Å². The summed E-state index contributed by atoms with van der Waals surface area (Å²) >= 11 is 12.0. The number of carbonyl (C=O) groups excluding carboxylic acids is 2. The number of nitrogens with zero attached hydrogens (tertiary/aromatic N) is 5. The fourth-order valence-corrected chi connectivity index (χ4v) is 4.80. The van der Waals surface area contributed by atoms with Crippen molar-refractivity contribution in [1.82, 2.24) is 19.9 Å². The number of hydrogen-bond acceptors (Lipinski definition) is 7. The molecule has 0 radical (unpaired) electrons. The number of amides is 2. The molecule has 1 atom stereocenters. The van der Waals surface area contributed by atoms with Gasteiger partial charge in [0.1, 0.15) is 17.6 Å². The number of aromatic nitrogens is 2. The van der Waals surface area contributed by atoms with Gasteiger partial charge in [0.2, 0.25) is 17.6 Å². The second-order valence-electron chi connectivity index (χ2n) is 9.07. The first-order valence-electron chi connectivity index (χ1n) is 12.4. The summed E-state index contributed by atoms with van der Waals surface area (Å²) in [6.07, 6.45) is 3.82. The van der Waals surface area contributed by atoms with Gasteiger partial charge in [-0.15, -0.1) is 0 Å². The number of carbonyl (C=O) groups is 2. The van der Waals surface area contributed by atoms with Crippen molar-refractivity contribution >= 4 is 40.7 Å². The smallest absolute Gasteiger partial charge is 0.288 e. The molecule has 3 aromatic rings. The first-order valence-corrected chi connectivity index (χ1v) is 13.2. The van der Waals surface area contributed by atoms with Crippen LogP contribution in [-0.4, -0.2) is 56.3 Å². The average molecular weight is 560 g/mol. The van der Waals surface area contributed by atoms with Crippen molar-refractivity contribution in [2.24, 2.45) is 0 Å². The van der Waals surface area contributed by atoms with Crippen LogP contribution in [0.3, 0.4) is 0 Å². The summed E-state index contributed by atoms with van der Waals surface area (Å²) in [5, 5.41) is 15.9. The second-order valence-corrected chi connectivity index (χ2v) is 9.91. The maximum absolute atomic E-state index is 13.5. The van der Waals surface area contributed by atoms with E-state index in [1.54, 1.807) is 23.1 Å². The fourth-order valence-electron chi connectivity index (χ4n) is 4.43. The number of nitro benzene ring substituents is 1. The Morgan fingerprint density at radius 3 is 2.76 bits per heavy atom. The van der Waals surface area contributed by atoms with E-state index in [2.05, 4.69) is 10.1 Å². The van der Waals surface area contributed by atoms with Crippen LogP contribution in [0.4, 0.5) is 5.69 Å². The van der Waals surface area contributed by atoms with E-state index in [0.29, 0.717) is 48.2 Å². The molecule has 1 aliphatic rings. The van der Waals surface area contributed by atoms with Gasteiger partial charge in [0.15, 0.2) is 0 Å². The van der Waals surface area contributed by atoms with Crippen molar-refractivity contribution in [2.45, 2.75) is 45.1 Å². The Morgan fingerprint density at radius 2 is 2.03 bits per heavy atom. The van der Waals surface area contributed by atoms with Gasteiger partial charge < -0.3 is 14.3 Å². The van der Waals surface area contributed by atoms with Crippen LogP contribution in [0.5, 0.6) is 0 Å². The molecular weight excluding hydrogens is 533 g/mol. The first-order chi connectivity index (χ1) is 18.3. The third kappa shape index (κ3) is 6.31. The van der Waals surface area contributed by atoms with E-state index >= 15 is 0 Å². The van der Waals surface area contributed by atoms with Crippen molar-refractivity contribution in [3.05, 3.63) is 74.1 Å². The monoisotopic (exact) mass is 559 g/mol. The lowest BCUT2D eigenvalue weighted by molar-refractivity contribution is -0.384. The summed E-state index contributed by atoms with van der Waals surface area (Å²) in [5.41, 5.74) is 0.445. The van der Waals surface area contributed by atoms with Gasteiger partial charge in [-0.25, -0.2) is 0 Å². The van der Waals surface area contributed by atoms with Gasteiger partial charge in [-0.3, -0.25) is 19.7 Å². The van der Waals surface area contributed by atoms with Crippen LogP contribution in [0, 0.1) is 10.1 Å². The topological polar surface area (TPSA) is 123 Å². The van der Waals surface area contributed by atoms with Crippen LogP contribution in [0.1, 0.15) is 61.3 Å². The average Bonchev–Trinajstić information content (AvgIpc) is 3.41. The Morgan fingerprint density at radius 1 is 1.21 bits per heavy atom. The van der Waals surface area contributed by atoms with Gasteiger partial charge in [0.25, 0.3) is 11.6 Å². The Kier molecular flexibility index (Phi) is 8.96. The van der Waals surface area contributed by atoms with Gasteiger partial charge in [-0.2, -0.15) is 4.98 Å². The molecular formula is C26H27Cl2N5O5. The molecule has 10 nitrogen and oxygen atoms in total. The predicted octanol–water partition coefficient (Wildman–Crippen LogP) is 5.95. The van der Waals surface area contributed by atoms with E-state index in [9.17, 15) is 19.7 Å². The van der Waals surface area contributed by atoms with Crippen LogP contribution in [0.15, 0.2) is 47.0 Å². The molecule has 200 valence electrons. The molecule has 1 aromatic heterocycles. The van der Waals surface area contributed by atoms with Gasteiger partial charge in [0.05, 0.1) is 4.92 Å². The zero-order valence-corrected chi connectivity index (χ0v) is 22.3. The lowest BCUT2D eigenvalue weighted by Crippen LogP contribution is -2.46. The molecule has 1 fully saturated rings. The van der Waals surface area contributed by atoms with Gasteiger partial charge in [0, 0.05) is 35.3 Å². The largest absolute Gasteiger partial charge is 0.337 e. The van der Waals surface area contributed by atoms with E-state index in [0.717, 1.165) is 25.3 Å². The zero-order valence-electron chi connectivity index (χ0n) is 20.8. The van der Waals surface area contributed by atoms with Crippen LogP contribution < -0.4 is 0 Å². The van der Waals surface area contributed by atoms with E-state index in [1.165, 1.54) is 17.0 Å². The number of rotatable bonds is 9. The summed E-state index contributed by atoms with van der Waals surface area (Å²) < 4.78 is 5.56. The molecule has 0 N–H and O–H groups in total. The highest BCUT2D eigenvalue weighted by molar-refractivity contribution is 6.32. The highest BCUT2D eigenvalue weighted by Gasteiger charge is 2.34. The van der Waals surface area contributed by atoms with Gasteiger partial charge >= 0.3 is 0 Å². The maximum Gasteiger partial charge on any atom is 0.288 e. The lowest BCUT2D eigenvalue weighted by Gasteiger charge is -2.35. The molecule has 0 aliphatic carbocycles.